The lowest BCUT2D eigenvalue weighted by molar-refractivity contribution is 0.613. The van der Waals surface area contributed by atoms with Crippen molar-refractivity contribution in [3.05, 3.63) is 35.9 Å². The average Bonchev–Trinajstić information content (AvgIpc) is 3.16. The highest BCUT2D eigenvalue weighted by Gasteiger charge is 2.23. The molecule has 15 N–H and O–H groups in total. The Morgan fingerprint density at radius 3 is 2.61 bits per heavy atom. The molecule has 0 spiro atoms. The van der Waals surface area contributed by atoms with Crippen molar-refractivity contribution in [3.63, 3.8) is 0 Å². The minimum atomic E-state index is -1.66. The fraction of sp³-hybridized carbons (Fsp3) is 0.176. The van der Waals surface area contributed by atoms with Crippen LogP contribution in [0.1, 0.15) is 5.56 Å². The average molecular weight is 464 g/mol. The summed E-state index contributed by atoms with van der Waals surface area (Å²) in [6, 6.07) is 8.69. The molecule has 0 aliphatic rings. The van der Waals surface area contributed by atoms with Gasteiger partial charge < -0.3 is 27.9 Å². The largest absolute Gasteiger partial charge is 0.382 e. The standard InChI is InChI=1S/C17H25N11OS2/c18-6-8(7-19)27-31(29)12-5-4-9(13(15(12)30-23)16(20)26-28-22)10-2-1-3-11-14(10)25-17(21)24-11/h1-5,8,27-28H,6-7,18-19,22-23H2,(H2,20,26)(H3,21,24,25). The fourth-order valence-electron chi connectivity index (χ4n) is 3.11. The Morgan fingerprint density at radius 2 is 1.97 bits per heavy atom. The molecule has 0 radical (unpaired) electrons. The number of nitrogens with one attached hydrogen (secondary N) is 3. The summed E-state index contributed by atoms with van der Waals surface area (Å²) in [6.07, 6.45) is 0. The molecule has 1 unspecified atom stereocenters. The summed E-state index contributed by atoms with van der Waals surface area (Å²) in [7, 11) is -1.66. The Balaban J connectivity index is 2.25. The molecule has 14 heteroatoms. The van der Waals surface area contributed by atoms with E-state index in [0.29, 0.717) is 26.4 Å². The van der Waals surface area contributed by atoms with Gasteiger partial charge in [0.1, 0.15) is 11.0 Å². The van der Waals surface area contributed by atoms with Gasteiger partial charge in [-0.05, 0) is 29.6 Å². The predicted molar refractivity (Wildman–Crippen MR) is 125 cm³/mol. The van der Waals surface area contributed by atoms with Gasteiger partial charge in [-0.25, -0.2) is 25.3 Å². The van der Waals surface area contributed by atoms with Gasteiger partial charge in [0, 0.05) is 30.3 Å². The van der Waals surface area contributed by atoms with Gasteiger partial charge in [-0.15, -0.1) is 5.10 Å². The number of amidine groups is 1. The second kappa shape index (κ2) is 10.1. The normalized spacial score (nSPS) is 13.1. The highest BCUT2D eigenvalue weighted by molar-refractivity contribution is 7.97. The lowest BCUT2D eigenvalue weighted by Crippen LogP contribution is -2.42. The zero-order valence-electron chi connectivity index (χ0n) is 16.5. The van der Waals surface area contributed by atoms with Crippen LogP contribution in [0.15, 0.2) is 45.2 Å². The summed E-state index contributed by atoms with van der Waals surface area (Å²) < 4.78 is 15.9. The maximum Gasteiger partial charge on any atom is 0.198 e. The molecule has 1 atom stereocenters. The number of para-hydroxylation sites is 1. The Bertz CT molecular complexity index is 1130. The first-order chi connectivity index (χ1) is 14.9. The predicted octanol–water partition coefficient (Wildman–Crippen LogP) is -1.24. The van der Waals surface area contributed by atoms with E-state index in [1.165, 1.54) is 0 Å². The number of hydrogen-bond donors (Lipinski definition) is 9. The Labute approximate surface area is 185 Å². The van der Waals surface area contributed by atoms with E-state index in [-0.39, 0.29) is 30.9 Å². The number of H-pyrrole nitrogens is 1. The Morgan fingerprint density at radius 1 is 1.23 bits per heavy atom. The van der Waals surface area contributed by atoms with E-state index in [2.05, 4.69) is 25.3 Å². The number of rotatable bonds is 9. The van der Waals surface area contributed by atoms with Crippen LogP contribution in [0.4, 0.5) is 5.95 Å². The molecule has 0 bridgehead atoms. The minimum Gasteiger partial charge on any atom is -0.382 e. The third-order valence-corrected chi connectivity index (χ3v) is 6.62. The van der Waals surface area contributed by atoms with Crippen LogP contribution in [0.2, 0.25) is 0 Å². The summed E-state index contributed by atoms with van der Waals surface area (Å²) in [5, 5.41) is 9.89. The Kier molecular flexibility index (Phi) is 7.45. The van der Waals surface area contributed by atoms with Gasteiger partial charge in [-0.2, -0.15) is 0 Å². The maximum absolute atomic E-state index is 13.0. The zero-order chi connectivity index (χ0) is 22.5. The molecule has 0 saturated heterocycles. The quantitative estimate of drug-likeness (QED) is 0.0601. The van der Waals surface area contributed by atoms with Gasteiger partial charge in [0.2, 0.25) is 0 Å². The first kappa shape index (κ1) is 23.0. The van der Waals surface area contributed by atoms with Crippen LogP contribution in [0.3, 0.4) is 0 Å². The summed E-state index contributed by atoms with van der Waals surface area (Å²) in [5.74, 6) is 5.68. The van der Waals surface area contributed by atoms with Crippen molar-refractivity contribution >= 4 is 45.8 Å². The number of nitrogen functional groups attached to an aromatic ring is 1. The van der Waals surface area contributed by atoms with Crippen LogP contribution in [0.5, 0.6) is 0 Å². The molecule has 0 aliphatic carbocycles. The van der Waals surface area contributed by atoms with Crippen molar-refractivity contribution in [3.8, 4) is 11.1 Å². The molecule has 3 aromatic rings. The number of nitrogens with two attached hydrogens (primary N) is 6. The number of hydrazine groups is 1. The van der Waals surface area contributed by atoms with Crippen molar-refractivity contribution in [2.24, 2.45) is 33.3 Å². The highest BCUT2D eigenvalue weighted by atomic mass is 32.2. The molecule has 12 nitrogen and oxygen atoms in total. The maximum atomic E-state index is 13.0. The van der Waals surface area contributed by atoms with E-state index in [1.54, 1.807) is 12.1 Å². The van der Waals surface area contributed by atoms with Crippen LogP contribution >= 0.6 is 11.9 Å². The number of fused-ring (bicyclic) bond motifs is 1. The van der Waals surface area contributed by atoms with Gasteiger partial charge in [-0.1, -0.05) is 18.2 Å². The first-order valence-corrected chi connectivity index (χ1v) is 11.1. The number of hydrogen-bond acceptors (Lipinski definition) is 10. The number of anilines is 1. The molecule has 0 saturated carbocycles. The van der Waals surface area contributed by atoms with Crippen molar-refractivity contribution in [2.45, 2.75) is 15.8 Å². The second-order valence-corrected chi connectivity index (χ2v) is 8.30. The van der Waals surface area contributed by atoms with Crippen LogP contribution in [0.25, 0.3) is 22.2 Å². The monoisotopic (exact) mass is 463 g/mol. The Hall–Kier alpha value is -2.72. The molecule has 166 valence electrons. The van der Waals surface area contributed by atoms with E-state index >= 15 is 0 Å². The van der Waals surface area contributed by atoms with E-state index < -0.39 is 11.0 Å². The van der Waals surface area contributed by atoms with Crippen molar-refractivity contribution in [2.75, 3.05) is 18.8 Å². The molecule has 1 aromatic heterocycles. The SMILES string of the molecule is NCC(CN)NS(=O)c1ccc(-c2cccc3[nH]c(N)nc23)c(/C(N)=N/NN)c1SN. The second-order valence-electron chi connectivity index (χ2n) is 6.44. The summed E-state index contributed by atoms with van der Waals surface area (Å²) in [5.41, 5.74) is 28.8. The van der Waals surface area contributed by atoms with E-state index in [9.17, 15) is 4.21 Å². The van der Waals surface area contributed by atoms with Crippen LogP contribution in [-0.2, 0) is 11.0 Å². The van der Waals surface area contributed by atoms with Gasteiger partial charge in [0.15, 0.2) is 11.8 Å². The summed E-state index contributed by atoms with van der Waals surface area (Å²) in [6.45, 7) is 0.448. The number of imidazole rings is 1. The number of aromatic nitrogens is 2. The number of aromatic amines is 1. The summed E-state index contributed by atoms with van der Waals surface area (Å²) >= 11 is 0.888. The molecular formula is C17H25N11OS2. The smallest absolute Gasteiger partial charge is 0.198 e. The topological polar surface area (TPSA) is 238 Å². The van der Waals surface area contributed by atoms with Crippen molar-refractivity contribution in [1.29, 1.82) is 0 Å². The molecule has 0 amide bonds. The van der Waals surface area contributed by atoms with Gasteiger partial charge in [0.25, 0.3) is 0 Å². The molecular weight excluding hydrogens is 438 g/mol. The molecule has 2 aromatic carbocycles. The fourth-order valence-corrected chi connectivity index (χ4v) is 5.08. The van der Waals surface area contributed by atoms with Crippen LogP contribution in [0, 0.1) is 0 Å². The van der Waals surface area contributed by atoms with E-state index in [4.69, 9.17) is 33.9 Å². The third-order valence-electron chi connectivity index (χ3n) is 4.54. The van der Waals surface area contributed by atoms with Gasteiger partial charge in [-0.3, -0.25) is 5.14 Å². The lowest BCUT2D eigenvalue weighted by atomic mass is 9.97. The molecule has 1 heterocycles. The van der Waals surface area contributed by atoms with E-state index in [1.807, 2.05) is 18.2 Å². The van der Waals surface area contributed by atoms with Crippen molar-refractivity contribution in [1.82, 2.24) is 20.2 Å². The molecule has 0 aliphatic heterocycles. The third kappa shape index (κ3) is 4.64. The van der Waals surface area contributed by atoms with Crippen LogP contribution in [-0.4, -0.2) is 39.1 Å². The first-order valence-electron chi connectivity index (χ1n) is 9.10. The summed E-state index contributed by atoms with van der Waals surface area (Å²) in [4.78, 5) is 8.23. The highest BCUT2D eigenvalue weighted by Crippen LogP contribution is 2.37. The van der Waals surface area contributed by atoms with Gasteiger partial charge >= 0.3 is 0 Å². The number of nitrogens with zero attached hydrogens (tertiary/aromatic N) is 2. The molecule has 3 rings (SSSR count). The minimum absolute atomic E-state index is 0.0546. The van der Waals surface area contributed by atoms with Crippen LogP contribution < -0.4 is 44.2 Å². The zero-order valence-corrected chi connectivity index (χ0v) is 18.1. The number of hydrazone groups is 1. The molecule has 31 heavy (non-hydrogen) atoms. The number of benzene rings is 2. The van der Waals surface area contributed by atoms with Crippen molar-refractivity contribution < 1.29 is 4.21 Å². The van der Waals surface area contributed by atoms with E-state index in [0.717, 1.165) is 23.0 Å². The van der Waals surface area contributed by atoms with Gasteiger partial charge in [0.05, 0.1) is 20.8 Å². The molecule has 0 fully saturated rings. The lowest BCUT2D eigenvalue weighted by Gasteiger charge is -2.19.